The summed E-state index contributed by atoms with van der Waals surface area (Å²) < 4.78 is 5.86. The van der Waals surface area contributed by atoms with E-state index in [1.54, 1.807) is 0 Å². The van der Waals surface area contributed by atoms with Crippen LogP contribution in [0.25, 0.3) is 0 Å². The van der Waals surface area contributed by atoms with Crippen LogP contribution in [0, 0.1) is 5.92 Å². The van der Waals surface area contributed by atoms with E-state index in [1.807, 2.05) is 0 Å². The van der Waals surface area contributed by atoms with Crippen molar-refractivity contribution in [1.29, 1.82) is 0 Å². The average molecular weight is 326 g/mol. The summed E-state index contributed by atoms with van der Waals surface area (Å²) >= 11 is 0. The minimum atomic E-state index is -0.00808. The molecule has 4 nitrogen and oxygen atoms in total. The second kappa shape index (κ2) is 7.81. The first-order valence-electron chi connectivity index (χ1n) is 9.47. The Morgan fingerprint density at radius 1 is 0.870 bits per heavy atom. The van der Waals surface area contributed by atoms with Crippen LogP contribution in [-0.2, 0) is 4.74 Å². The number of likely N-dealkylation sites (tertiary alicyclic amines) is 1. The van der Waals surface area contributed by atoms with Gasteiger partial charge in [0, 0.05) is 51.4 Å². The van der Waals surface area contributed by atoms with Gasteiger partial charge in [-0.2, -0.15) is 0 Å². The van der Waals surface area contributed by atoms with Crippen LogP contribution >= 0.6 is 0 Å². The summed E-state index contributed by atoms with van der Waals surface area (Å²) in [5.74, 6) is 0.853. The monoisotopic (exact) mass is 325 g/mol. The SMILES string of the molecule is CC(C)(C)OCCN1CCC(CN2CCN(C(C)(C)C)CC2)C1. The molecule has 4 heteroatoms. The maximum Gasteiger partial charge on any atom is 0.0600 e. The van der Waals surface area contributed by atoms with Gasteiger partial charge >= 0.3 is 0 Å². The fraction of sp³-hybridized carbons (Fsp3) is 1.00. The number of piperazine rings is 1. The Kier molecular flexibility index (Phi) is 6.51. The van der Waals surface area contributed by atoms with E-state index in [2.05, 4.69) is 56.2 Å². The van der Waals surface area contributed by atoms with E-state index in [1.165, 1.54) is 52.2 Å². The Balaban J connectivity index is 1.63. The molecular weight excluding hydrogens is 286 g/mol. The zero-order valence-corrected chi connectivity index (χ0v) is 16.4. The molecule has 1 unspecified atom stereocenters. The average Bonchev–Trinajstić information content (AvgIpc) is 2.84. The number of hydrogen-bond acceptors (Lipinski definition) is 4. The largest absolute Gasteiger partial charge is 0.375 e. The molecule has 1 atom stereocenters. The van der Waals surface area contributed by atoms with Crippen molar-refractivity contribution >= 4 is 0 Å². The van der Waals surface area contributed by atoms with Gasteiger partial charge in [-0.1, -0.05) is 0 Å². The fourth-order valence-electron chi connectivity index (χ4n) is 3.71. The molecule has 0 bridgehead atoms. The van der Waals surface area contributed by atoms with Crippen molar-refractivity contribution in [3.05, 3.63) is 0 Å². The van der Waals surface area contributed by atoms with Crippen LogP contribution < -0.4 is 0 Å². The first-order chi connectivity index (χ1) is 10.6. The molecule has 0 aromatic heterocycles. The molecule has 2 aliphatic heterocycles. The van der Waals surface area contributed by atoms with Gasteiger partial charge in [0.05, 0.1) is 12.2 Å². The second-order valence-corrected chi connectivity index (χ2v) is 9.37. The van der Waals surface area contributed by atoms with Crippen LogP contribution in [0.5, 0.6) is 0 Å². The predicted molar refractivity (Wildman–Crippen MR) is 98.0 cm³/mol. The summed E-state index contributed by atoms with van der Waals surface area (Å²) in [5, 5.41) is 0. The molecule has 136 valence electrons. The van der Waals surface area contributed by atoms with E-state index in [9.17, 15) is 0 Å². The number of nitrogens with zero attached hydrogens (tertiary/aromatic N) is 3. The van der Waals surface area contributed by atoms with Crippen LogP contribution in [-0.4, -0.2) is 84.8 Å². The lowest BCUT2D eigenvalue weighted by atomic mass is 10.0. The third-order valence-electron chi connectivity index (χ3n) is 5.15. The Bertz CT molecular complexity index is 351. The van der Waals surface area contributed by atoms with Crippen molar-refractivity contribution < 1.29 is 4.74 Å². The van der Waals surface area contributed by atoms with E-state index >= 15 is 0 Å². The normalized spacial score (nSPS) is 26.1. The van der Waals surface area contributed by atoms with Crippen molar-refractivity contribution in [2.45, 2.75) is 59.1 Å². The first-order valence-corrected chi connectivity index (χ1v) is 9.47. The van der Waals surface area contributed by atoms with E-state index in [4.69, 9.17) is 4.74 Å². The minimum Gasteiger partial charge on any atom is -0.375 e. The van der Waals surface area contributed by atoms with Gasteiger partial charge < -0.3 is 14.5 Å². The molecule has 0 N–H and O–H groups in total. The molecule has 2 saturated heterocycles. The molecule has 2 rings (SSSR count). The molecule has 0 aromatic rings. The molecule has 2 heterocycles. The molecule has 0 aliphatic carbocycles. The van der Waals surface area contributed by atoms with Crippen LogP contribution in [0.3, 0.4) is 0 Å². The van der Waals surface area contributed by atoms with Gasteiger partial charge in [0.15, 0.2) is 0 Å². The van der Waals surface area contributed by atoms with Crippen LogP contribution in [0.1, 0.15) is 48.0 Å². The second-order valence-electron chi connectivity index (χ2n) is 9.37. The highest BCUT2D eigenvalue weighted by Gasteiger charge is 2.29. The van der Waals surface area contributed by atoms with E-state index in [0.717, 1.165) is 19.1 Å². The molecule has 0 spiro atoms. The lowest BCUT2D eigenvalue weighted by Gasteiger charge is -2.42. The quantitative estimate of drug-likeness (QED) is 0.773. The van der Waals surface area contributed by atoms with E-state index in [0.29, 0.717) is 5.54 Å². The molecular formula is C19H39N3O. The minimum absolute atomic E-state index is 0.00808. The highest BCUT2D eigenvalue weighted by molar-refractivity contribution is 4.84. The summed E-state index contributed by atoms with van der Waals surface area (Å²) in [5.41, 5.74) is 0.315. The van der Waals surface area contributed by atoms with Crippen LogP contribution in [0.4, 0.5) is 0 Å². The topological polar surface area (TPSA) is 19.0 Å². The van der Waals surface area contributed by atoms with Crippen molar-refractivity contribution in [3.8, 4) is 0 Å². The van der Waals surface area contributed by atoms with E-state index in [-0.39, 0.29) is 5.60 Å². The summed E-state index contributed by atoms with van der Waals surface area (Å²) in [7, 11) is 0. The zero-order valence-electron chi connectivity index (χ0n) is 16.4. The van der Waals surface area contributed by atoms with Gasteiger partial charge in [-0.15, -0.1) is 0 Å². The highest BCUT2D eigenvalue weighted by atomic mass is 16.5. The molecule has 0 radical (unpaired) electrons. The first kappa shape index (κ1) is 19.2. The third-order valence-corrected chi connectivity index (χ3v) is 5.15. The zero-order chi connectivity index (χ0) is 17.1. The van der Waals surface area contributed by atoms with Gasteiger partial charge in [0.2, 0.25) is 0 Å². The molecule has 0 aromatic carbocycles. The molecule has 23 heavy (non-hydrogen) atoms. The van der Waals surface area contributed by atoms with Crippen molar-refractivity contribution in [2.75, 3.05) is 59.0 Å². The number of rotatable bonds is 5. The smallest absolute Gasteiger partial charge is 0.0600 e. The number of hydrogen-bond donors (Lipinski definition) is 0. The van der Waals surface area contributed by atoms with Gasteiger partial charge in [-0.05, 0) is 60.4 Å². The summed E-state index contributed by atoms with van der Waals surface area (Å²) in [4.78, 5) is 7.89. The van der Waals surface area contributed by atoms with Gasteiger partial charge in [-0.3, -0.25) is 4.90 Å². The van der Waals surface area contributed by atoms with Crippen molar-refractivity contribution in [1.82, 2.24) is 14.7 Å². The standard InChI is InChI=1S/C19H39N3O/c1-18(2,3)22-11-9-21(10-12-22)16-17-7-8-20(15-17)13-14-23-19(4,5)6/h17H,7-16H2,1-6H3. The molecule has 2 aliphatic rings. The Morgan fingerprint density at radius 3 is 2.09 bits per heavy atom. The third kappa shape index (κ3) is 6.69. The molecule has 0 saturated carbocycles. The van der Waals surface area contributed by atoms with E-state index < -0.39 is 0 Å². The maximum absolute atomic E-state index is 5.86. The summed E-state index contributed by atoms with van der Waals surface area (Å²) in [6.07, 6.45) is 1.36. The molecule has 2 fully saturated rings. The van der Waals surface area contributed by atoms with Crippen molar-refractivity contribution in [3.63, 3.8) is 0 Å². The highest BCUT2D eigenvalue weighted by Crippen LogP contribution is 2.20. The Morgan fingerprint density at radius 2 is 1.52 bits per heavy atom. The predicted octanol–water partition coefficient (Wildman–Crippen LogP) is 2.54. The number of ether oxygens (including phenoxy) is 1. The summed E-state index contributed by atoms with van der Waals surface area (Å²) in [6, 6.07) is 0. The fourth-order valence-corrected chi connectivity index (χ4v) is 3.71. The molecule has 0 amide bonds. The van der Waals surface area contributed by atoms with Crippen LogP contribution in [0.15, 0.2) is 0 Å². The summed E-state index contributed by atoms with van der Waals surface area (Å²) in [6.45, 7) is 24.1. The maximum atomic E-state index is 5.86. The lowest BCUT2D eigenvalue weighted by molar-refractivity contribution is -0.0114. The van der Waals surface area contributed by atoms with Gasteiger partial charge in [-0.25, -0.2) is 0 Å². The lowest BCUT2D eigenvalue weighted by Crippen LogP contribution is -2.54. The Labute approximate surface area is 144 Å². The van der Waals surface area contributed by atoms with Crippen molar-refractivity contribution in [2.24, 2.45) is 5.92 Å². The van der Waals surface area contributed by atoms with Crippen LogP contribution in [0.2, 0.25) is 0 Å². The van der Waals surface area contributed by atoms with Gasteiger partial charge in [0.1, 0.15) is 0 Å². The van der Waals surface area contributed by atoms with Gasteiger partial charge in [0.25, 0.3) is 0 Å². The Hall–Kier alpha value is -0.160.